The number of methoxy groups -OCH3 is 1. The first kappa shape index (κ1) is 13.7. The van der Waals surface area contributed by atoms with Crippen molar-refractivity contribution in [2.45, 2.75) is 25.4 Å². The normalized spacial score (nSPS) is 14.1. The number of hydrogen-bond acceptors (Lipinski definition) is 4. The maximum atomic E-state index is 11.7. The number of carbonyl (C=O) groups is 1. The molecule has 0 fully saturated rings. The molecule has 0 aliphatic rings. The van der Waals surface area contributed by atoms with Crippen LogP contribution in [0.1, 0.15) is 24.9 Å². The minimum Gasteiger partial charge on any atom is -0.468 e. The molecule has 0 heterocycles. The van der Waals surface area contributed by atoms with Crippen molar-refractivity contribution >= 4 is 5.97 Å². The quantitative estimate of drug-likeness (QED) is 0.731. The number of ether oxygens (including phenoxy) is 1. The summed E-state index contributed by atoms with van der Waals surface area (Å²) in [5.41, 5.74) is 0.839. The van der Waals surface area contributed by atoms with E-state index in [2.05, 4.69) is 5.32 Å². The number of carbonyl (C=O) groups excluding carboxylic acids is 1. The van der Waals surface area contributed by atoms with Gasteiger partial charge in [-0.15, -0.1) is 0 Å². The van der Waals surface area contributed by atoms with E-state index in [-0.39, 0.29) is 18.6 Å². The third-order valence-corrected chi connectivity index (χ3v) is 2.69. The predicted octanol–water partition coefficient (Wildman–Crippen LogP) is 1.26. The molecule has 2 unspecified atom stereocenters. The lowest BCUT2D eigenvalue weighted by molar-refractivity contribution is -0.143. The van der Waals surface area contributed by atoms with E-state index in [1.807, 2.05) is 37.3 Å². The summed E-state index contributed by atoms with van der Waals surface area (Å²) < 4.78 is 4.77. The van der Waals surface area contributed by atoms with Crippen molar-refractivity contribution in [2.75, 3.05) is 13.7 Å². The minimum atomic E-state index is -0.529. The van der Waals surface area contributed by atoms with Gasteiger partial charge >= 0.3 is 5.97 Å². The molecule has 0 bridgehead atoms. The molecule has 2 N–H and O–H groups in total. The molecule has 2 atom stereocenters. The maximum absolute atomic E-state index is 11.7. The molecule has 0 radical (unpaired) electrons. The molecule has 1 aromatic rings. The molecular weight excluding hydrogens is 218 g/mol. The largest absolute Gasteiger partial charge is 0.468 e. The molecule has 1 rings (SSSR count). The zero-order valence-corrected chi connectivity index (χ0v) is 10.2. The Labute approximate surface area is 102 Å². The summed E-state index contributed by atoms with van der Waals surface area (Å²) in [5, 5.41) is 12.3. The Bertz CT molecular complexity index is 336. The highest BCUT2D eigenvalue weighted by Crippen LogP contribution is 2.15. The zero-order valence-electron chi connectivity index (χ0n) is 10.2. The monoisotopic (exact) mass is 237 g/mol. The van der Waals surface area contributed by atoms with E-state index in [0.717, 1.165) is 12.0 Å². The van der Waals surface area contributed by atoms with Crippen LogP contribution in [0.4, 0.5) is 0 Å². The molecule has 0 saturated heterocycles. The van der Waals surface area contributed by atoms with Crippen LogP contribution in [-0.2, 0) is 9.53 Å². The number of nitrogens with one attached hydrogen (secondary N) is 1. The van der Waals surface area contributed by atoms with Gasteiger partial charge in [-0.1, -0.05) is 37.3 Å². The molecule has 1 aromatic carbocycles. The number of hydrogen-bond donors (Lipinski definition) is 2. The Hall–Kier alpha value is -1.39. The predicted molar refractivity (Wildman–Crippen MR) is 65.5 cm³/mol. The van der Waals surface area contributed by atoms with E-state index >= 15 is 0 Å². The van der Waals surface area contributed by atoms with Gasteiger partial charge in [-0.05, 0) is 12.0 Å². The third-order valence-electron chi connectivity index (χ3n) is 2.69. The van der Waals surface area contributed by atoms with Crippen molar-refractivity contribution < 1.29 is 14.6 Å². The first-order chi connectivity index (χ1) is 8.22. The second-order valence-corrected chi connectivity index (χ2v) is 3.82. The molecule has 0 amide bonds. The van der Waals surface area contributed by atoms with Crippen molar-refractivity contribution in [1.29, 1.82) is 0 Å². The van der Waals surface area contributed by atoms with Gasteiger partial charge in [-0.2, -0.15) is 0 Å². The van der Waals surface area contributed by atoms with Crippen molar-refractivity contribution in [2.24, 2.45) is 0 Å². The molecule has 0 aromatic heterocycles. The highest BCUT2D eigenvalue weighted by atomic mass is 16.5. The minimum absolute atomic E-state index is 0.00315. The van der Waals surface area contributed by atoms with Crippen molar-refractivity contribution in [1.82, 2.24) is 5.32 Å². The number of aliphatic hydroxyl groups excluding tert-OH is 1. The second kappa shape index (κ2) is 7.04. The van der Waals surface area contributed by atoms with Gasteiger partial charge in [0.05, 0.1) is 13.7 Å². The second-order valence-electron chi connectivity index (χ2n) is 3.82. The molecule has 0 saturated carbocycles. The Morgan fingerprint density at radius 2 is 2.06 bits per heavy atom. The van der Waals surface area contributed by atoms with Crippen LogP contribution in [0.5, 0.6) is 0 Å². The van der Waals surface area contributed by atoms with E-state index in [0.29, 0.717) is 0 Å². The third kappa shape index (κ3) is 3.84. The van der Waals surface area contributed by atoms with Crippen LogP contribution in [0.3, 0.4) is 0 Å². The summed E-state index contributed by atoms with van der Waals surface area (Å²) in [4.78, 5) is 11.7. The standard InChI is InChI=1S/C13H19NO3/c1-3-11(9-15)14-12(13(16)17-2)10-7-5-4-6-8-10/h4-8,11-12,14-15H,3,9H2,1-2H3. The van der Waals surface area contributed by atoms with Crippen LogP contribution in [0.25, 0.3) is 0 Å². The first-order valence-electron chi connectivity index (χ1n) is 5.72. The topological polar surface area (TPSA) is 58.6 Å². The van der Waals surface area contributed by atoms with E-state index in [9.17, 15) is 4.79 Å². The Morgan fingerprint density at radius 1 is 1.41 bits per heavy atom. The molecule has 4 nitrogen and oxygen atoms in total. The Morgan fingerprint density at radius 3 is 2.53 bits per heavy atom. The van der Waals surface area contributed by atoms with Gasteiger partial charge in [0.15, 0.2) is 0 Å². The summed E-state index contributed by atoms with van der Waals surface area (Å²) >= 11 is 0. The van der Waals surface area contributed by atoms with Crippen LogP contribution in [0, 0.1) is 0 Å². The first-order valence-corrected chi connectivity index (χ1v) is 5.72. The highest BCUT2D eigenvalue weighted by Gasteiger charge is 2.23. The summed E-state index contributed by atoms with van der Waals surface area (Å²) in [6.07, 6.45) is 0.747. The molecule has 0 aliphatic carbocycles. The fourth-order valence-corrected chi connectivity index (χ4v) is 1.60. The smallest absolute Gasteiger partial charge is 0.327 e. The molecular formula is C13H19NO3. The fraction of sp³-hybridized carbons (Fsp3) is 0.462. The van der Waals surface area contributed by atoms with E-state index in [1.54, 1.807) is 0 Å². The van der Waals surface area contributed by atoms with Crippen LogP contribution >= 0.6 is 0 Å². The number of esters is 1. The van der Waals surface area contributed by atoms with Crippen LogP contribution in [0.15, 0.2) is 30.3 Å². The summed E-state index contributed by atoms with van der Waals surface area (Å²) in [5.74, 6) is -0.344. The number of rotatable bonds is 6. The number of benzene rings is 1. The van der Waals surface area contributed by atoms with Gasteiger partial charge in [0.25, 0.3) is 0 Å². The fourth-order valence-electron chi connectivity index (χ4n) is 1.60. The molecule has 94 valence electrons. The maximum Gasteiger partial charge on any atom is 0.327 e. The van der Waals surface area contributed by atoms with Gasteiger partial charge in [-0.3, -0.25) is 5.32 Å². The summed E-state index contributed by atoms with van der Waals surface area (Å²) in [6, 6.07) is 8.70. The van der Waals surface area contributed by atoms with Gasteiger partial charge in [-0.25, -0.2) is 4.79 Å². The van der Waals surface area contributed by atoms with Crippen LogP contribution < -0.4 is 5.32 Å². The van der Waals surface area contributed by atoms with E-state index in [4.69, 9.17) is 9.84 Å². The molecule has 0 aliphatic heterocycles. The van der Waals surface area contributed by atoms with Gasteiger partial charge in [0.1, 0.15) is 6.04 Å². The average molecular weight is 237 g/mol. The Balaban J connectivity index is 2.85. The van der Waals surface area contributed by atoms with Crippen LogP contribution in [0.2, 0.25) is 0 Å². The lowest BCUT2D eigenvalue weighted by Crippen LogP contribution is -2.39. The van der Waals surface area contributed by atoms with E-state index < -0.39 is 6.04 Å². The SMILES string of the molecule is CCC(CO)NC(C(=O)OC)c1ccccc1. The average Bonchev–Trinajstić information content (AvgIpc) is 2.40. The zero-order chi connectivity index (χ0) is 12.7. The summed E-state index contributed by atoms with van der Waals surface area (Å²) in [7, 11) is 1.36. The van der Waals surface area contributed by atoms with Crippen molar-refractivity contribution in [3.05, 3.63) is 35.9 Å². The molecule has 4 heteroatoms. The van der Waals surface area contributed by atoms with Gasteiger partial charge in [0.2, 0.25) is 0 Å². The van der Waals surface area contributed by atoms with Gasteiger partial charge < -0.3 is 9.84 Å². The van der Waals surface area contributed by atoms with Gasteiger partial charge in [0, 0.05) is 6.04 Å². The molecule has 0 spiro atoms. The van der Waals surface area contributed by atoms with Crippen molar-refractivity contribution in [3.8, 4) is 0 Å². The Kier molecular flexibility index (Phi) is 5.66. The highest BCUT2D eigenvalue weighted by molar-refractivity contribution is 5.77. The number of aliphatic hydroxyl groups is 1. The van der Waals surface area contributed by atoms with E-state index in [1.165, 1.54) is 7.11 Å². The lowest BCUT2D eigenvalue weighted by atomic mass is 10.1. The molecule has 17 heavy (non-hydrogen) atoms. The summed E-state index contributed by atoms with van der Waals surface area (Å²) in [6.45, 7) is 1.95. The lowest BCUT2D eigenvalue weighted by Gasteiger charge is -2.22. The van der Waals surface area contributed by atoms with Crippen molar-refractivity contribution in [3.63, 3.8) is 0 Å². The van der Waals surface area contributed by atoms with Crippen LogP contribution in [-0.4, -0.2) is 30.8 Å².